The van der Waals surface area contributed by atoms with Gasteiger partial charge in [0.25, 0.3) is 0 Å². The van der Waals surface area contributed by atoms with Gasteiger partial charge in [0.1, 0.15) is 29.8 Å². The number of aliphatic imine (C=N–C) groups is 1. The van der Waals surface area contributed by atoms with Gasteiger partial charge in [-0.1, -0.05) is 53.7 Å². The lowest BCUT2D eigenvalue weighted by molar-refractivity contribution is 0.0601. The van der Waals surface area contributed by atoms with E-state index >= 15 is 0 Å². The lowest BCUT2D eigenvalue weighted by Gasteiger charge is -2.24. The summed E-state index contributed by atoms with van der Waals surface area (Å²) in [6, 6.07) is 22.1. The summed E-state index contributed by atoms with van der Waals surface area (Å²) in [5, 5.41) is 6.38. The summed E-state index contributed by atoms with van der Waals surface area (Å²) in [5.41, 5.74) is 1.40. The highest BCUT2D eigenvalue weighted by Crippen LogP contribution is 2.33. The van der Waals surface area contributed by atoms with Crippen molar-refractivity contribution in [1.29, 1.82) is 0 Å². The Morgan fingerprint density at radius 3 is 2.63 bits per heavy atom. The third-order valence-corrected chi connectivity index (χ3v) is 6.36. The van der Waals surface area contributed by atoms with Gasteiger partial charge in [0.2, 0.25) is 11.7 Å². The van der Waals surface area contributed by atoms with Crippen LogP contribution in [0.4, 0.5) is 4.79 Å². The maximum atomic E-state index is 12.2. The van der Waals surface area contributed by atoms with Crippen molar-refractivity contribution >= 4 is 22.7 Å². The predicted octanol–water partition coefficient (Wildman–Crippen LogP) is 6.96. The first-order chi connectivity index (χ1) is 18.2. The van der Waals surface area contributed by atoms with Crippen molar-refractivity contribution in [2.75, 3.05) is 6.54 Å². The number of benzene rings is 3. The van der Waals surface area contributed by atoms with E-state index in [1.54, 1.807) is 6.92 Å². The molecule has 1 aliphatic rings. The normalized spacial score (nSPS) is 16.2. The van der Waals surface area contributed by atoms with Crippen LogP contribution in [0.3, 0.4) is 0 Å². The smallest absolute Gasteiger partial charge is 0.435 e. The van der Waals surface area contributed by atoms with Crippen LogP contribution in [0.25, 0.3) is 22.2 Å². The van der Waals surface area contributed by atoms with Gasteiger partial charge in [0, 0.05) is 12.1 Å². The van der Waals surface area contributed by atoms with Gasteiger partial charge < -0.3 is 18.9 Å². The molecule has 0 bridgehead atoms. The van der Waals surface area contributed by atoms with Crippen molar-refractivity contribution in [3.8, 4) is 17.1 Å². The number of likely N-dealkylation sites (tertiary alicyclic amines) is 1. The number of amidine groups is 1. The Kier molecular flexibility index (Phi) is 7.13. The van der Waals surface area contributed by atoms with E-state index in [9.17, 15) is 4.79 Å². The number of amides is 1. The molecule has 1 aromatic heterocycles. The third kappa shape index (κ3) is 6.02. The Morgan fingerprint density at radius 2 is 1.84 bits per heavy atom. The lowest BCUT2D eigenvalue weighted by Crippen LogP contribution is -2.30. The Hall–Kier alpha value is -4.20. The molecule has 0 saturated carbocycles. The highest BCUT2D eigenvalue weighted by Gasteiger charge is 2.32. The molecule has 1 aliphatic heterocycles. The first kappa shape index (κ1) is 25.4. The second-order valence-electron chi connectivity index (χ2n) is 10.4. The van der Waals surface area contributed by atoms with E-state index in [4.69, 9.17) is 19.0 Å². The first-order valence-electron chi connectivity index (χ1n) is 12.8. The van der Waals surface area contributed by atoms with Crippen LogP contribution in [0, 0.1) is 0 Å². The molecule has 196 valence electrons. The summed E-state index contributed by atoms with van der Waals surface area (Å²) in [5.74, 6) is 2.44. The van der Waals surface area contributed by atoms with Gasteiger partial charge in [0.15, 0.2) is 0 Å². The van der Waals surface area contributed by atoms with Crippen molar-refractivity contribution in [2.45, 2.75) is 58.8 Å². The van der Waals surface area contributed by atoms with Gasteiger partial charge in [0.05, 0.1) is 0 Å². The van der Waals surface area contributed by atoms with E-state index in [1.165, 1.54) is 0 Å². The Morgan fingerprint density at radius 1 is 1.08 bits per heavy atom. The van der Waals surface area contributed by atoms with Crippen molar-refractivity contribution < 1.29 is 18.8 Å². The molecule has 3 aromatic carbocycles. The van der Waals surface area contributed by atoms with Gasteiger partial charge in [-0.2, -0.15) is 9.98 Å². The molecule has 1 atom stereocenters. The molecule has 5 rings (SSSR count). The van der Waals surface area contributed by atoms with E-state index in [1.807, 2.05) is 92.4 Å². The summed E-state index contributed by atoms with van der Waals surface area (Å²) in [4.78, 5) is 23.1. The molecule has 1 fully saturated rings. The second kappa shape index (κ2) is 10.7. The quantitative estimate of drug-likeness (QED) is 0.211. The van der Waals surface area contributed by atoms with Crippen LogP contribution in [0.5, 0.6) is 5.75 Å². The summed E-state index contributed by atoms with van der Waals surface area (Å²) in [6.45, 7) is 8.54. The van der Waals surface area contributed by atoms with Crippen LogP contribution in [0.15, 0.2) is 76.2 Å². The molecular weight excluding hydrogens is 480 g/mol. The SMILES string of the molecule is C/C(=N\C(=O)OC(C)(C)C)N1CCC[C@H]1c1nc(-c2ccc3cc(OCc4ccccc4)ccc3c2)no1. The van der Waals surface area contributed by atoms with Crippen LogP contribution < -0.4 is 4.74 Å². The van der Waals surface area contributed by atoms with Crippen LogP contribution in [-0.2, 0) is 11.3 Å². The van der Waals surface area contributed by atoms with Crippen LogP contribution in [0.2, 0.25) is 0 Å². The molecule has 0 aliphatic carbocycles. The highest BCUT2D eigenvalue weighted by molar-refractivity contribution is 5.90. The minimum atomic E-state index is -0.600. The maximum absolute atomic E-state index is 12.2. The number of fused-ring (bicyclic) bond motifs is 1. The molecule has 8 nitrogen and oxygen atoms in total. The van der Waals surface area contributed by atoms with Crippen molar-refractivity contribution in [2.24, 2.45) is 4.99 Å². The molecule has 38 heavy (non-hydrogen) atoms. The molecule has 0 spiro atoms. The van der Waals surface area contributed by atoms with Crippen LogP contribution in [0.1, 0.15) is 58.0 Å². The zero-order chi connectivity index (χ0) is 26.7. The first-order valence-corrected chi connectivity index (χ1v) is 12.8. The Balaban J connectivity index is 1.29. The molecule has 4 aromatic rings. The number of rotatable bonds is 5. The van der Waals surface area contributed by atoms with E-state index < -0.39 is 11.7 Å². The van der Waals surface area contributed by atoms with Crippen LogP contribution >= 0.6 is 0 Å². The Labute approximate surface area is 222 Å². The molecule has 1 saturated heterocycles. The fourth-order valence-corrected chi connectivity index (χ4v) is 4.57. The van der Waals surface area contributed by atoms with Gasteiger partial charge >= 0.3 is 6.09 Å². The second-order valence-corrected chi connectivity index (χ2v) is 10.4. The lowest BCUT2D eigenvalue weighted by atomic mass is 10.1. The summed E-state index contributed by atoms with van der Waals surface area (Å²) in [7, 11) is 0. The number of nitrogens with zero attached hydrogens (tertiary/aromatic N) is 4. The number of hydrogen-bond donors (Lipinski definition) is 0. The molecule has 2 heterocycles. The zero-order valence-electron chi connectivity index (χ0n) is 22.2. The molecule has 0 N–H and O–H groups in total. The largest absolute Gasteiger partial charge is 0.489 e. The number of aromatic nitrogens is 2. The predicted molar refractivity (Wildman–Crippen MR) is 146 cm³/mol. The molecular formula is C30H32N4O4. The monoisotopic (exact) mass is 512 g/mol. The van der Waals surface area contributed by atoms with E-state index in [2.05, 4.69) is 10.1 Å². The van der Waals surface area contributed by atoms with Crippen molar-refractivity contribution in [3.05, 3.63) is 78.2 Å². The Bertz CT molecular complexity index is 1460. The number of carbonyl (C=O) groups excluding carboxylic acids is 1. The molecule has 0 unspecified atom stereocenters. The summed E-state index contributed by atoms with van der Waals surface area (Å²) in [6.07, 6.45) is 1.18. The fourth-order valence-electron chi connectivity index (χ4n) is 4.57. The van der Waals surface area contributed by atoms with E-state index in [0.717, 1.165) is 47.0 Å². The minimum absolute atomic E-state index is 0.132. The minimum Gasteiger partial charge on any atom is -0.489 e. The van der Waals surface area contributed by atoms with Crippen molar-refractivity contribution in [3.63, 3.8) is 0 Å². The van der Waals surface area contributed by atoms with Gasteiger partial charge in [-0.05, 0) is 75.1 Å². The number of hydrogen-bond acceptors (Lipinski definition) is 6. The third-order valence-electron chi connectivity index (χ3n) is 6.36. The number of carbonyl (C=O) groups is 1. The molecule has 8 heteroatoms. The average Bonchev–Trinajstić information content (AvgIpc) is 3.56. The van der Waals surface area contributed by atoms with E-state index in [-0.39, 0.29) is 6.04 Å². The maximum Gasteiger partial charge on any atom is 0.435 e. The van der Waals surface area contributed by atoms with Gasteiger partial charge in [-0.3, -0.25) is 0 Å². The molecule has 1 amide bonds. The van der Waals surface area contributed by atoms with Gasteiger partial charge in [-0.15, -0.1) is 0 Å². The zero-order valence-corrected chi connectivity index (χ0v) is 22.2. The average molecular weight is 513 g/mol. The number of ether oxygens (including phenoxy) is 2. The van der Waals surface area contributed by atoms with E-state index in [0.29, 0.717) is 24.2 Å². The standard InChI is InChI=1S/C30H32N4O4/c1-20(31-29(35)37-30(2,3)4)34-16-8-11-26(34)28-32-27(33-38-28)24-13-12-23-18-25(15-14-22(23)17-24)36-19-21-9-6-5-7-10-21/h5-7,9-10,12-15,17-18,26H,8,11,16,19H2,1-4H3/b31-20+/t26-/m0/s1. The highest BCUT2D eigenvalue weighted by atomic mass is 16.6. The van der Waals surface area contributed by atoms with Gasteiger partial charge in [-0.25, -0.2) is 4.79 Å². The fraction of sp³-hybridized carbons (Fsp3) is 0.333. The molecule has 0 radical (unpaired) electrons. The van der Waals surface area contributed by atoms with Crippen LogP contribution in [-0.4, -0.2) is 39.1 Å². The van der Waals surface area contributed by atoms with Crippen molar-refractivity contribution in [1.82, 2.24) is 15.0 Å². The topological polar surface area (TPSA) is 90.0 Å². The summed E-state index contributed by atoms with van der Waals surface area (Å²) >= 11 is 0. The summed E-state index contributed by atoms with van der Waals surface area (Å²) < 4.78 is 17.0.